The molecule has 3 aliphatic heterocycles. The van der Waals surface area contributed by atoms with Gasteiger partial charge in [-0.3, -0.25) is 9.48 Å². The third kappa shape index (κ3) is 3.55. The maximum Gasteiger partial charge on any atom is 0.274 e. The van der Waals surface area contributed by atoms with Crippen LogP contribution in [0.25, 0.3) is 0 Å². The van der Waals surface area contributed by atoms with Crippen molar-refractivity contribution in [3.63, 3.8) is 0 Å². The van der Waals surface area contributed by atoms with Crippen LogP contribution in [-0.4, -0.2) is 58.2 Å². The first-order valence-electron chi connectivity index (χ1n) is 11.3. The minimum atomic E-state index is 0.164. The predicted molar refractivity (Wildman–Crippen MR) is 106 cm³/mol. The molecule has 1 saturated carbocycles. The third-order valence-corrected chi connectivity index (χ3v) is 7.86. The first kappa shape index (κ1) is 17.7. The van der Waals surface area contributed by atoms with E-state index in [1.54, 1.807) is 0 Å². The van der Waals surface area contributed by atoms with E-state index < -0.39 is 0 Å². The van der Waals surface area contributed by atoms with Gasteiger partial charge in [-0.2, -0.15) is 5.10 Å². The Hall–Kier alpha value is -1.36. The number of piperidine rings is 1. The molecule has 0 aromatic carbocycles. The molecular formula is C22H34N4O. The van der Waals surface area contributed by atoms with Gasteiger partial charge in [-0.1, -0.05) is 25.7 Å². The molecule has 1 aromatic heterocycles. The summed E-state index contributed by atoms with van der Waals surface area (Å²) in [5.41, 5.74) is 2.29. The van der Waals surface area contributed by atoms with E-state index in [-0.39, 0.29) is 5.91 Å². The van der Waals surface area contributed by atoms with Crippen molar-refractivity contribution in [3.05, 3.63) is 17.5 Å². The molecule has 5 nitrogen and oxygen atoms in total. The van der Waals surface area contributed by atoms with Gasteiger partial charge < -0.3 is 9.80 Å². The Kier molecular flexibility index (Phi) is 4.75. The molecule has 4 heterocycles. The summed E-state index contributed by atoms with van der Waals surface area (Å²) in [6, 6.07) is 2.03. The largest absolute Gasteiger partial charge is 0.337 e. The molecule has 0 atom stereocenters. The number of fused-ring (bicyclic) bond motifs is 1. The molecule has 1 aliphatic carbocycles. The monoisotopic (exact) mass is 370 g/mol. The number of nitrogens with zero attached hydrogens (tertiary/aromatic N) is 4. The molecule has 5 heteroatoms. The highest BCUT2D eigenvalue weighted by molar-refractivity contribution is 5.92. The van der Waals surface area contributed by atoms with Crippen LogP contribution in [0.1, 0.15) is 74.0 Å². The second-order valence-corrected chi connectivity index (χ2v) is 9.61. The van der Waals surface area contributed by atoms with Crippen LogP contribution in [-0.2, 0) is 13.0 Å². The summed E-state index contributed by atoms with van der Waals surface area (Å²) in [7, 11) is 0. The molecule has 0 radical (unpaired) electrons. The number of hydrogen-bond acceptors (Lipinski definition) is 3. The van der Waals surface area contributed by atoms with Gasteiger partial charge in [-0.15, -0.1) is 0 Å². The van der Waals surface area contributed by atoms with E-state index in [9.17, 15) is 4.79 Å². The first-order chi connectivity index (χ1) is 13.2. The van der Waals surface area contributed by atoms with Crippen molar-refractivity contribution in [3.8, 4) is 0 Å². The molecule has 1 aromatic rings. The summed E-state index contributed by atoms with van der Waals surface area (Å²) in [5.74, 6) is 1.16. The van der Waals surface area contributed by atoms with Gasteiger partial charge in [0.1, 0.15) is 0 Å². The van der Waals surface area contributed by atoms with Gasteiger partial charge in [0.15, 0.2) is 5.69 Å². The van der Waals surface area contributed by atoms with E-state index in [1.165, 1.54) is 83.1 Å². The molecule has 0 unspecified atom stereocenters. The van der Waals surface area contributed by atoms with Crippen LogP contribution in [0.15, 0.2) is 6.07 Å². The summed E-state index contributed by atoms with van der Waals surface area (Å²) in [4.78, 5) is 17.7. The van der Waals surface area contributed by atoms with Crippen LogP contribution in [0.5, 0.6) is 0 Å². The van der Waals surface area contributed by atoms with Crippen LogP contribution in [0.4, 0.5) is 0 Å². The molecule has 4 aliphatic rings. The number of carbonyl (C=O) groups excluding carboxylic acids is 1. The van der Waals surface area contributed by atoms with Gasteiger partial charge in [0.2, 0.25) is 0 Å². The average molecular weight is 371 g/mol. The van der Waals surface area contributed by atoms with Crippen LogP contribution in [0.3, 0.4) is 0 Å². The molecular weight excluding hydrogens is 336 g/mol. The smallest absolute Gasteiger partial charge is 0.274 e. The summed E-state index contributed by atoms with van der Waals surface area (Å²) in [6.45, 7) is 6.60. The quantitative estimate of drug-likeness (QED) is 0.816. The van der Waals surface area contributed by atoms with Crippen molar-refractivity contribution in [1.29, 1.82) is 0 Å². The summed E-state index contributed by atoms with van der Waals surface area (Å²) >= 11 is 0. The van der Waals surface area contributed by atoms with Gasteiger partial charge in [-0.05, 0) is 75.6 Å². The van der Waals surface area contributed by atoms with Gasteiger partial charge in [0, 0.05) is 25.3 Å². The van der Waals surface area contributed by atoms with Gasteiger partial charge in [0.05, 0.1) is 0 Å². The normalized spacial score (nSPS) is 25.6. The second kappa shape index (κ2) is 7.23. The predicted octanol–water partition coefficient (Wildman–Crippen LogP) is 3.34. The van der Waals surface area contributed by atoms with Crippen molar-refractivity contribution in [2.45, 2.75) is 70.8 Å². The van der Waals surface area contributed by atoms with E-state index in [2.05, 4.69) is 14.9 Å². The Balaban J connectivity index is 1.13. The molecule has 3 fully saturated rings. The van der Waals surface area contributed by atoms with E-state index in [0.29, 0.717) is 11.1 Å². The highest BCUT2D eigenvalue weighted by Crippen LogP contribution is 2.41. The molecule has 5 rings (SSSR count). The lowest BCUT2D eigenvalue weighted by Gasteiger charge is -2.39. The van der Waals surface area contributed by atoms with Gasteiger partial charge in [0.25, 0.3) is 5.91 Å². The first-order valence-corrected chi connectivity index (χ1v) is 11.3. The van der Waals surface area contributed by atoms with Gasteiger partial charge >= 0.3 is 0 Å². The number of rotatable bonds is 4. The van der Waals surface area contributed by atoms with Crippen molar-refractivity contribution in [1.82, 2.24) is 19.6 Å². The topological polar surface area (TPSA) is 41.4 Å². The number of carbonyl (C=O) groups is 1. The Morgan fingerprint density at radius 1 is 1.07 bits per heavy atom. The van der Waals surface area contributed by atoms with Crippen molar-refractivity contribution in [2.24, 2.45) is 11.3 Å². The highest BCUT2D eigenvalue weighted by atomic mass is 16.2. The summed E-state index contributed by atoms with van der Waals surface area (Å²) in [6.07, 6.45) is 13.2. The Labute approximate surface area is 163 Å². The lowest BCUT2D eigenvalue weighted by atomic mass is 9.77. The maximum absolute atomic E-state index is 12.9. The van der Waals surface area contributed by atoms with Crippen LogP contribution in [0, 0.1) is 11.3 Å². The standard InChI is InChI=1S/C22H34N4O/c27-21(20-16-19-6-3-11-26(19)23-20)25-15-10-22(17-25)8-13-24(14-9-22)12-7-18-4-1-2-5-18/h16,18H,1-15,17H2. The molecule has 0 bridgehead atoms. The van der Waals surface area contributed by atoms with E-state index >= 15 is 0 Å². The third-order valence-electron chi connectivity index (χ3n) is 7.86. The van der Waals surface area contributed by atoms with E-state index in [4.69, 9.17) is 0 Å². The zero-order chi connectivity index (χ0) is 18.3. The lowest BCUT2D eigenvalue weighted by Crippen LogP contribution is -2.42. The Bertz CT molecular complexity index is 661. The minimum Gasteiger partial charge on any atom is -0.337 e. The van der Waals surface area contributed by atoms with Crippen molar-refractivity contribution >= 4 is 5.91 Å². The van der Waals surface area contributed by atoms with E-state index in [1.807, 2.05) is 10.7 Å². The Morgan fingerprint density at radius 2 is 1.85 bits per heavy atom. The van der Waals surface area contributed by atoms with Crippen LogP contribution >= 0.6 is 0 Å². The average Bonchev–Trinajstić information content (AvgIpc) is 3.45. The molecule has 2 saturated heterocycles. The number of amides is 1. The number of hydrogen-bond donors (Lipinski definition) is 0. The molecule has 148 valence electrons. The van der Waals surface area contributed by atoms with E-state index in [0.717, 1.165) is 32.0 Å². The molecule has 0 N–H and O–H groups in total. The van der Waals surface area contributed by atoms with Crippen molar-refractivity contribution in [2.75, 3.05) is 32.7 Å². The fourth-order valence-corrected chi connectivity index (χ4v) is 5.96. The van der Waals surface area contributed by atoms with Crippen LogP contribution in [0.2, 0.25) is 0 Å². The number of likely N-dealkylation sites (tertiary alicyclic amines) is 2. The molecule has 27 heavy (non-hydrogen) atoms. The summed E-state index contributed by atoms with van der Waals surface area (Å²) < 4.78 is 2.03. The zero-order valence-electron chi connectivity index (χ0n) is 16.7. The maximum atomic E-state index is 12.9. The minimum absolute atomic E-state index is 0.164. The highest BCUT2D eigenvalue weighted by Gasteiger charge is 2.42. The second-order valence-electron chi connectivity index (χ2n) is 9.61. The SMILES string of the molecule is O=C(c1cc2n(n1)CCC2)N1CCC2(CCN(CCC3CCCC3)CC2)C1. The van der Waals surface area contributed by atoms with Gasteiger partial charge in [-0.25, -0.2) is 0 Å². The molecule has 1 spiro atoms. The Morgan fingerprint density at radius 3 is 2.63 bits per heavy atom. The molecule has 1 amide bonds. The lowest BCUT2D eigenvalue weighted by molar-refractivity contribution is 0.0709. The fourth-order valence-electron chi connectivity index (χ4n) is 5.96. The van der Waals surface area contributed by atoms with Crippen molar-refractivity contribution < 1.29 is 4.79 Å². The number of aryl methyl sites for hydroxylation is 2. The zero-order valence-corrected chi connectivity index (χ0v) is 16.7. The summed E-state index contributed by atoms with van der Waals surface area (Å²) in [5, 5.41) is 4.56. The number of aromatic nitrogens is 2. The van der Waals surface area contributed by atoms with Crippen LogP contribution < -0.4 is 0 Å². The fraction of sp³-hybridized carbons (Fsp3) is 0.818.